The predicted octanol–water partition coefficient (Wildman–Crippen LogP) is 6.11. The molecule has 0 aliphatic heterocycles. The van der Waals surface area contributed by atoms with Gasteiger partial charge < -0.3 is 0 Å². The Morgan fingerprint density at radius 1 is 1.14 bits per heavy atom. The van der Waals surface area contributed by atoms with Gasteiger partial charge in [-0.1, -0.05) is 26.2 Å². The number of unbranched alkanes of at least 4 members (excludes halogenated alkanes) is 1. The van der Waals surface area contributed by atoms with Crippen LogP contribution in [-0.2, 0) is 6.42 Å². The second kappa shape index (κ2) is 7.58. The highest BCUT2D eigenvalue weighted by atomic mass is 35.5. The van der Waals surface area contributed by atoms with Crippen molar-refractivity contribution < 1.29 is 8.78 Å². The topological polar surface area (TPSA) is 0 Å². The van der Waals surface area contributed by atoms with Crippen molar-refractivity contribution in [2.75, 3.05) is 5.88 Å². The van der Waals surface area contributed by atoms with Gasteiger partial charge in [-0.3, -0.25) is 0 Å². The third kappa shape index (κ3) is 4.67. The molecule has 1 fully saturated rings. The Kier molecular flexibility index (Phi) is 6.04. The Balaban J connectivity index is 1.99. The van der Waals surface area contributed by atoms with Crippen LogP contribution in [0.3, 0.4) is 0 Å². The molecule has 1 aromatic carbocycles. The molecule has 0 heterocycles. The van der Waals surface area contributed by atoms with Gasteiger partial charge >= 0.3 is 0 Å². The lowest BCUT2D eigenvalue weighted by molar-refractivity contribution is 0.165. The summed E-state index contributed by atoms with van der Waals surface area (Å²) in [4.78, 5) is 0. The normalized spacial score (nSPS) is 26.0. The van der Waals surface area contributed by atoms with Crippen molar-refractivity contribution in [1.29, 1.82) is 0 Å². The fraction of sp³-hybridized carbons (Fsp3) is 0.667. The summed E-state index contributed by atoms with van der Waals surface area (Å²) in [6.45, 7) is 2.23. The first kappa shape index (κ1) is 16.7. The average Bonchev–Trinajstić information content (AvgIpc) is 2.45. The maximum atomic E-state index is 13.3. The van der Waals surface area contributed by atoms with Crippen molar-refractivity contribution in [3.8, 4) is 0 Å². The molecule has 1 aromatic rings. The fourth-order valence-electron chi connectivity index (χ4n) is 3.58. The molecule has 0 atom stereocenters. The second-order valence-corrected chi connectivity index (χ2v) is 6.94. The highest BCUT2D eigenvalue weighted by molar-refractivity contribution is 6.18. The van der Waals surface area contributed by atoms with E-state index in [9.17, 15) is 8.78 Å². The largest absolute Gasteiger partial charge is 0.207 e. The fourth-order valence-corrected chi connectivity index (χ4v) is 3.94. The Morgan fingerprint density at radius 2 is 1.76 bits per heavy atom. The second-order valence-electron chi connectivity index (χ2n) is 6.67. The van der Waals surface area contributed by atoms with Gasteiger partial charge in [-0.15, -0.1) is 11.6 Å². The third-order valence-corrected chi connectivity index (χ3v) is 5.48. The van der Waals surface area contributed by atoms with Crippen molar-refractivity contribution in [2.45, 2.75) is 58.3 Å². The number of halogens is 3. The zero-order valence-electron chi connectivity index (χ0n) is 12.8. The van der Waals surface area contributed by atoms with Crippen LogP contribution in [0.2, 0.25) is 0 Å². The van der Waals surface area contributed by atoms with Crippen LogP contribution in [0.25, 0.3) is 0 Å². The molecular formula is C18H25ClF2. The Morgan fingerprint density at radius 3 is 2.29 bits per heavy atom. The highest BCUT2D eigenvalue weighted by Crippen LogP contribution is 2.43. The van der Waals surface area contributed by atoms with Crippen LogP contribution in [0.1, 0.15) is 57.4 Å². The molecule has 118 valence electrons. The summed E-state index contributed by atoms with van der Waals surface area (Å²) in [7, 11) is 0. The third-order valence-electron chi connectivity index (χ3n) is 4.92. The molecule has 0 amide bonds. The number of benzene rings is 1. The highest BCUT2D eigenvalue weighted by Gasteiger charge is 2.34. The summed E-state index contributed by atoms with van der Waals surface area (Å²) in [6, 6.07) is 3.82. The summed E-state index contributed by atoms with van der Waals surface area (Å²) >= 11 is 6.23. The lowest BCUT2D eigenvalue weighted by Gasteiger charge is -2.39. The van der Waals surface area contributed by atoms with E-state index in [4.69, 9.17) is 11.6 Å². The molecule has 0 radical (unpaired) electrons. The van der Waals surface area contributed by atoms with E-state index in [1.54, 1.807) is 0 Å². The van der Waals surface area contributed by atoms with E-state index < -0.39 is 11.6 Å². The molecule has 0 saturated heterocycles. The molecule has 0 unspecified atom stereocenters. The summed E-state index contributed by atoms with van der Waals surface area (Å²) in [5.74, 6) is 0.397. The van der Waals surface area contributed by atoms with Gasteiger partial charge in [-0.2, -0.15) is 0 Å². The van der Waals surface area contributed by atoms with Gasteiger partial charge in [0.1, 0.15) is 11.6 Å². The summed E-state index contributed by atoms with van der Waals surface area (Å²) < 4.78 is 26.7. The van der Waals surface area contributed by atoms with Gasteiger partial charge in [0.2, 0.25) is 0 Å². The SMILES string of the molecule is CCCCC1CCC(CCl)(Cc2cc(F)cc(F)c2)CC1. The molecule has 3 heteroatoms. The van der Waals surface area contributed by atoms with Gasteiger partial charge in [-0.25, -0.2) is 8.78 Å². The van der Waals surface area contributed by atoms with E-state index in [1.165, 1.54) is 44.2 Å². The molecule has 2 rings (SSSR count). The predicted molar refractivity (Wildman–Crippen MR) is 84.7 cm³/mol. The minimum atomic E-state index is -0.494. The molecule has 21 heavy (non-hydrogen) atoms. The summed E-state index contributed by atoms with van der Waals surface area (Å²) in [5, 5.41) is 0. The van der Waals surface area contributed by atoms with E-state index in [0.717, 1.165) is 30.4 Å². The lowest BCUT2D eigenvalue weighted by atomic mass is 9.68. The standard InChI is InChI=1S/C18H25ClF2/c1-2-3-4-14-5-7-18(13-19,8-6-14)12-15-9-16(20)11-17(21)10-15/h9-11,14H,2-8,12-13H2,1H3. The van der Waals surface area contributed by atoms with Crippen molar-refractivity contribution in [2.24, 2.45) is 11.3 Å². The quantitative estimate of drug-likeness (QED) is 0.555. The van der Waals surface area contributed by atoms with Crippen LogP contribution in [0.4, 0.5) is 8.78 Å². The monoisotopic (exact) mass is 314 g/mol. The number of hydrogen-bond donors (Lipinski definition) is 0. The van der Waals surface area contributed by atoms with Gasteiger partial charge in [0.15, 0.2) is 0 Å². The average molecular weight is 315 g/mol. The van der Waals surface area contributed by atoms with E-state index >= 15 is 0 Å². The maximum absolute atomic E-state index is 13.3. The maximum Gasteiger partial charge on any atom is 0.126 e. The molecule has 0 aromatic heterocycles. The smallest absolute Gasteiger partial charge is 0.126 e. The Bertz CT molecular complexity index is 430. The van der Waals surface area contributed by atoms with Crippen LogP contribution in [0, 0.1) is 23.0 Å². The van der Waals surface area contributed by atoms with Gasteiger partial charge in [-0.05, 0) is 61.1 Å². The first-order chi connectivity index (χ1) is 10.1. The van der Waals surface area contributed by atoms with E-state index in [-0.39, 0.29) is 5.41 Å². The van der Waals surface area contributed by atoms with Gasteiger partial charge in [0.05, 0.1) is 0 Å². The van der Waals surface area contributed by atoms with Gasteiger partial charge in [0, 0.05) is 11.9 Å². The minimum Gasteiger partial charge on any atom is -0.207 e. The van der Waals surface area contributed by atoms with Crippen LogP contribution >= 0.6 is 11.6 Å². The summed E-state index contributed by atoms with van der Waals surface area (Å²) in [5.41, 5.74) is 0.755. The molecule has 1 aliphatic carbocycles. The van der Waals surface area contributed by atoms with Crippen molar-refractivity contribution in [3.05, 3.63) is 35.4 Å². The lowest BCUT2D eigenvalue weighted by Crippen LogP contribution is -2.31. The van der Waals surface area contributed by atoms with Gasteiger partial charge in [0.25, 0.3) is 0 Å². The molecular weight excluding hydrogens is 290 g/mol. The summed E-state index contributed by atoms with van der Waals surface area (Å²) in [6.07, 6.45) is 9.09. The molecule has 1 aliphatic rings. The minimum absolute atomic E-state index is 0.0184. The zero-order chi connectivity index (χ0) is 15.3. The molecule has 0 nitrogen and oxygen atoms in total. The van der Waals surface area contributed by atoms with Crippen LogP contribution in [0.15, 0.2) is 18.2 Å². The Labute approximate surface area is 131 Å². The van der Waals surface area contributed by atoms with Crippen LogP contribution in [0.5, 0.6) is 0 Å². The molecule has 0 bridgehead atoms. The number of alkyl halides is 1. The molecule has 1 saturated carbocycles. The zero-order valence-corrected chi connectivity index (χ0v) is 13.6. The molecule has 0 N–H and O–H groups in total. The number of rotatable bonds is 6. The first-order valence-corrected chi connectivity index (χ1v) is 8.61. The van der Waals surface area contributed by atoms with E-state index in [0.29, 0.717) is 12.3 Å². The first-order valence-electron chi connectivity index (χ1n) is 8.08. The molecule has 0 spiro atoms. The van der Waals surface area contributed by atoms with Crippen LogP contribution in [-0.4, -0.2) is 5.88 Å². The van der Waals surface area contributed by atoms with Crippen LogP contribution < -0.4 is 0 Å². The van der Waals surface area contributed by atoms with E-state index in [1.807, 2.05) is 0 Å². The van der Waals surface area contributed by atoms with Crippen molar-refractivity contribution in [1.82, 2.24) is 0 Å². The number of hydrogen-bond acceptors (Lipinski definition) is 0. The Hall–Kier alpha value is -0.630. The van der Waals surface area contributed by atoms with E-state index in [2.05, 4.69) is 6.92 Å². The van der Waals surface area contributed by atoms with Crippen molar-refractivity contribution in [3.63, 3.8) is 0 Å². The van der Waals surface area contributed by atoms with Crippen molar-refractivity contribution >= 4 is 11.6 Å².